The van der Waals surface area contributed by atoms with Gasteiger partial charge in [0, 0.05) is 32.1 Å². The van der Waals surface area contributed by atoms with Crippen LogP contribution >= 0.6 is 0 Å². The van der Waals surface area contributed by atoms with Crippen molar-refractivity contribution in [1.29, 1.82) is 0 Å². The molecule has 11 heteroatoms. The van der Waals surface area contributed by atoms with Crippen molar-refractivity contribution in [3.63, 3.8) is 0 Å². The molecule has 0 spiro atoms. The molecule has 0 radical (unpaired) electrons. The first-order valence-electron chi connectivity index (χ1n) is 12.4. The first-order valence-corrected chi connectivity index (χ1v) is 13.9. The average Bonchev–Trinajstić information content (AvgIpc) is 3.49. The van der Waals surface area contributed by atoms with E-state index in [-0.39, 0.29) is 51.7 Å². The Kier molecular flexibility index (Phi) is 6.61. The van der Waals surface area contributed by atoms with Gasteiger partial charge in [-0.2, -0.15) is 0 Å². The fourth-order valence-corrected chi connectivity index (χ4v) is 6.69. The Hall–Kier alpha value is -3.18. The van der Waals surface area contributed by atoms with E-state index in [0.29, 0.717) is 12.5 Å². The van der Waals surface area contributed by atoms with Gasteiger partial charge in [0.1, 0.15) is 17.1 Å². The number of rotatable bonds is 8. The molecule has 0 unspecified atom stereocenters. The van der Waals surface area contributed by atoms with Crippen LogP contribution in [0.25, 0.3) is 0 Å². The molecule has 1 saturated heterocycles. The molecule has 0 aromatic heterocycles. The van der Waals surface area contributed by atoms with Gasteiger partial charge in [-0.25, -0.2) is 17.6 Å². The van der Waals surface area contributed by atoms with Crippen LogP contribution in [-0.2, 0) is 21.2 Å². The zero-order valence-corrected chi connectivity index (χ0v) is 21.6. The van der Waals surface area contributed by atoms with E-state index in [4.69, 9.17) is 4.74 Å². The molecule has 1 amide bonds. The number of carbonyl (C=O) groups is 2. The normalized spacial score (nSPS) is 22.5. The number of halogens is 1. The molecular formula is C26H30FN3O6S. The number of anilines is 1. The zero-order chi connectivity index (χ0) is 26.5. The van der Waals surface area contributed by atoms with E-state index in [1.807, 2.05) is 6.92 Å². The number of nitrogens with one attached hydrogen (secondary N) is 1. The van der Waals surface area contributed by atoms with E-state index in [0.717, 1.165) is 56.2 Å². The Balaban J connectivity index is 1.42. The standard InChI is InChI=1S/C26H30FN3O6S/c1-3-30-9-8-18(13-30)29(2)23(31)12-15-10-17(27)4-7-22(15)37(34,35)28-21-6-5-19-20-11-16(20)14-36-25(19)24(21)26(32)33/h4-7,10,16,18,20,28H,3,8-9,11-14H2,1-2H3,(H,32,33)/t16-,18-,20-/m0/s1. The molecule has 5 rings (SSSR count). The van der Waals surface area contributed by atoms with E-state index in [2.05, 4.69) is 9.62 Å². The van der Waals surface area contributed by atoms with Gasteiger partial charge in [-0.05, 0) is 60.7 Å². The third-order valence-corrected chi connectivity index (χ3v) is 9.17. The fourth-order valence-electron chi connectivity index (χ4n) is 5.40. The Morgan fingerprint density at radius 2 is 2.05 bits per heavy atom. The minimum absolute atomic E-state index is 0.00104. The second-order valence-electron chi connectivity index (χ2n) is 10.00. The van der Waals surface area contributed by atoms with Crippen LogP contribution in [0.5, 0.6) is 5.75 Å². The van der Waals surface area contributed by atoms with Gasteiger partial charge in [0.2, 0.25) is 5.91 Å². The summed E-state index contributed by atoms with van der Waals surface area (Å²) in [6.45, 7) is 4.93. The molecule has 3 atom stereocenters. The number of likely N-dealkylation sites (tertiary alicyclic amines) is 1. The summed E-state index contributed by atoms with van der Waals surface area (Å²) in [6.07, 6.45) is 1.41. The Morgan fingerprint density at radius 3 is 2.76 bits per heavy atom. The van der Waals surface area contributed by atoms with Crippen molar-refractivity contribution >= 4 is 27.6 Å². The van der Waals surface area contributed by atoms with Gasteiger partial charge in [-0.3, -0.25) is 9.52 Å². The molecule has 2 fully saturated rings. The lowest BCUT2D eigenvalue weighted by atomic mass is 10.0. The van der Waals surface area contributed by atoms with Crippen LogP contribution in [0.3, 0.4) is 0 Å². The summed E-state index contributed by atoms with van der Waals surface area (Å²) in [5, 5.41) is 9.88. The first kappa shape index (κ1) is 25.5. The quantitative estimate of drug-likeness (QED) is 0.538. The molecule has 1 aliphatic carbocycles. The molecule has 3 aliphatic rings. The lowest BCUT2D eigenvalue weighted by Crippen LogP contribution is -2.40. The van der Waals surface area contributed by atoms with Crippen molar-refractivity contribution < 1.29 is 32.2 Å². The highest BCUT2D eigenvalue weighted by molar-refractivity contribution is 7.92. The highest BCUT2D eigenvalue weighted by Crippen LogP contribution is 2.55. The van der Waals surface area contributed by atoms with Gasteiger partial charge in [-0.1, -0.05) is 13.0 Å². The third kappa shape index (κ3) is 4.89. The number of carbonyl (C=O) groups excluding carboxylic acids is 1. The van der Waals surface area contributed by atoms with Crippen LogP contribution in [-0.4, -0.2) is 74.5 Å². The minimum atomic E-state index is -4.36. The minimum Gasteiger partial charge on any atom is -0.492 e. The van der Waals surface area contributed by atoms with Gasteiger partial charge in [-0.15, -0.1) is 0 Å². The van der Waals surface area contributed by atoms with Gasteiger partial charge in [0.25, 0.3) is 10.0 Å². The number of amides is 1. The fraction of sp³-hybridized carbons (Fsp3) is 0.462. The number of carboxylic acid groups (broad SMARTS) is 1. The lowest BCUT2D eigenvalue weighted by molar-refractivity contribution is -0.131. The molecule has 2 aromatic carbocycles. The number of aromatic carboxylic acids is 1. The smallest absolute Gasteiger partial charge is 0.341 e. The number of benzene rings is 2. The van der Waals surface area contributed by atoms with Gasteiger partial charge < -0.3 is 19.6 Å². The maximum absolute atomic E-state index is 14.2. The van der Waals surface area contributed by atoms with Crippen LogP contribution in [0.15, 0.2) is 35.2 Å². The van der Waals surface area contributed by atoms with Crippen molar-refractivity contribution in [2.75, 3.05) is 38.0 Å². The molecule has 1 saturated carbocycles. The summed E-state index contributed by atoms with van der Waals surface area (Å²) in [7, 11) is -2.69. The average molecular weight is 532 g/mol. The maximum atomic E-state index is 14.2. The molecule has 37 heavy (non-hydrogen) atoms. The van der Waals surface area contributed by atoms with E-state index < -0.39 is 21.8 Å². The summed E-state index contributed by atoms with van der Waals surface area (Å²) >= 11 is 0. The number of carboxylic acids is 1. The summed E-state index contributed by atoms with van der Waals surface area (Å²) in [5.74, 6) is -1.54. The number of hydrogen-bond donors (Lipinski definition) is 2. The number of fused-ring (bicyclic) bond motifs is 3. The molecule has 2 aliphatic heterocycles. The van der Waals surface area contributed by atoms with Crippen LogP contribution < -0.4 is 9.46 Å². The molecule has 2 N–H and O–H groups in total. The van der Waals surface area contributed by atoms with Crippen LogP contribution in [0.2, 0.25) is 0 Å². The molecular weight excluding hydrogens is 501 g/mol. The largest absolute Gasteiger partial charge is 0.492 e. The predicted octanol–water partition coefficient (Wildman–Crippen LogP) is 2.92. The summed E-state index contributed by atoms with van der Waals surface area (Å²) in [5.41, 5.74) is 0.366. The van der Waals surface area contributed by atoms with E-state index in [1.165, 1.54) is 6.07 Å². The number of likely N-dealkylation sites (N-methyl/N-ethyl adjacent to an activating group) is 2. The second-order valence-corrected chi connectivity index (χ2v) is 11.7. The SMILES string of the molecule is CCN1CC[C@H](N(C)C(=O)Cc2cc(F)ccc2S(=O)(=O)Nc2ccc3c(c2C(=O)O)OC[C@@H]2C[C@H]32)C1. The third-order valence-electron chi connectivity index (χ3n) is 7.70. The number of nitrogens with zero attached hydrogens (tertiary/aromatic N) is 2. The van der Waals surface area contributed by atoms with Crippen molar-refractivity contribution in [3.8, 4) is 5.75 Å². The molecule has 2 heterocycles. The number of ether oxygens (including phenoxy) is 1. The van der Waals surface area contributed by atoms with E-state index >= 15 is 0 Å². The number of hydrogen-bond acceptors (Lipinski definition) is 6. The highest BCUT2D eigenvalue weighted by Gasteiger charge is 2.45. The second kappa shape index (κ2) is 9.60. The van der Waals surface area contributed by atoms with Crippen molar-refractivity contribution in [3.05, 3.63) is 52.8 Å². The zero-order valence-electron chi connectivity index (χ0n) is 20.7. The molecule has 9 nitrogen and oxygen atoms in total. The van der Waals surface area contributed by atoms with Gasteiger partial charge in [0.05, 0.1) is 23.6 Å². The molecule has 0 bridgehead atoms. The Labute approximate surface area is 215 Å². The summed E-state index contributed by atoms with van der Waals surface area (Å²) < 4.78 is 49.1. The lowest BCUT2D eigenvalue weighted by Gasteiger charge is -2.25. The summed E-state index contributed by atoms with van der Waals surface area (Å²) in [4.78, 5) is 28.7. The van der Waals surface area contributed by atoms with E-state index in [9.17, 15) is 27.5 Å². The summed E-state index contributed by atoms with van der Waals surface area (Å²) in [6, 6.07) is 6.25. The van der Waals surface area contributed by atoms with Crippen molar-refractivity contribution in [1.82, 2.24) is 9.80 Å². The topological polar surface area (TPSA) is 116 Å². The predicted molar refractivity (Wildman–Crippen MR) is 134 cm³/mol. The van der Waals surface area contributed by atoms with Crippen molar-refractivity contribution in [2.24, 2.45) is 5.92 Å². The number of sulfonamides is 1. The van der Waals surface area contributed by atoms with Crippen LogP contribution in [0.4, 0.5) is 10.1 Å². The molecule has 2 aromatic rings. The Bertz CT molecular complexity index is 1360. The van der Waals surface area contributed by atoms with Crippen LogP contribution in [0.1, 0.15) is 47.2 Å². The van der Waals surface area contributed by atoms with E-state index in [1.54, 1.807) is 18.0 Å². The first-order chi connectivity index (χ1) is 17.6. The van der Waals surface area contributed by atoms with Gasteiger partial charge >= 0.3 is 5.97 Å². The monoisotopic (exact) mass is 531 g/mol. The van der Waals surface area contributed by atoms with Crippen LogP contribution in [0, 0.1) is 11.7 Å². The highest BCUT2D eigenvalue weighted by atomic mass is 32.2. The van der Waals surface area contributed by atoms with Crippen molar-refractivity contribution in [2.45, 2.75) is 43.0 Å². The maximum Gasteiger partial charge on any atom is 0.341 e. The Morgan fingerprint density at radius 1 is 1.27 bits per heavy atom. The molecule has 198 valence electrons. The van der Waals surface area contributed by atoms with Gasteiger partial charge in [0.15, 0.2) is 0 Å².